The Morgan fingerprint density at radius 2 is 1.92 bits per heavy atom. The highest BCUT2D eigenvalue weighted by molar-refractivity contribution is 5.51. The van der Waals surface area contributed by atoms with Crippen LogP contribution in [0.25, 0.3) is 5.65 Å². The fourth-order valence-electron chi connectivity index (χ4n) is 4.77. The SMILES string of the molecule is CC(c1cc(N[C@H]2CC[C@H](N)C2)n2nccc2n1)(C1CC1)C1CC1. The summed E-state index contributed by atoms with van der Waals surface area (Å²) in [4.78, 5) is 5.02. The quantitative estimate of drug-likeness (QED) is 0.886. The van der Waals surface area contributed by atoms with Crippen LogP contribution < -0.4 is 11.1 Å². The molecule has 5 heteroatoms. The minimum Gasteiger partial charge on any atom is -0.367 e. The molecule has 2 aromatic heterocycles. The Morgan fingerprint density at radius 3 is 2.54 bits per heavy atom. The molecule has 0 radical (unpaired) electrons. The van der Waals surface area contributed by atoms with Gasteiger partial charge in [0, 0.05) is 29.6 Å². The van der Waals surface area contributed by atoms with Crippen LogP contribution in [0.4, 0.5) is 5.82 Å². The van der Waals surface area contributed by atoms with Crippen LogP contribution in [0.1, 0.15) is 57.6 Å². The molecule has 0 aromatic carbocycles. The monoisotopic (exact) mass is 325 g/mol. The van der Waals surface area contributed by atoms with Crippen molar-refractivity contribution < 1.29 is 0 Å². The van der Waals surface area contributed by atoms with Gasteiger partial charge in [0.25, 0.3) is 0 Å². The number of fused-ring (bicyclic) bond motifs is 1. The van der Waals surface area contributed by atoms with Gasteiger partial charge in [-0.3, -0.25) is 0 Å². The minimum atomic E-state index is 0.245. The third-order valence-electron chi connectivity index (χ3n) is 6.59. The number of aromatic nitrogens is 3. The maximum absolute atomic E-state index is 6.09. The molecular formula is C19H27N5. The third kappa shape index (κ3) is 2.32. The molecule has 3 N–H and O–H groups in total. The topological polar surface area (TPSA) is 68.2 Å². The second-order valence-electron chi connectivity index (χ2n) is 8.37. The van der Waals surface area contributed by atoms with E-state index < -0.39 is 0 Å². The molecule has 5 nitrogen and oxygen atoms in total. The molecule has 0 amide bonds. The Kier molecular flexibility index (Phi) is 3.18. The molecule has 3 fully saturated rings. The summed E-state index contributed by atoms with van der Waals surface area (Å²) in [7, 11) is 0. The number of rotatable bonds is 5. The molecule has 3 saturated carbocycles. The molecular weight excluding hydrogens is 298 g/mol. The van der Waals surface area contributed by atoms with Crippen LogP contribution >= 0.6 is 0 Å². The summed E-state index contributed by atoms with van der Waals surface area (Å²) in [5.41, 5.74) is 8.57. The molecule has 2 atom stereocenters. The highest BCUT2D eigenvalue weighted by atomic mass is 15.3. The molecule has 0 spiro atoms. The number of hydrogen-bond acceptors (Lipinski definition) is 4. The van der Waals surface area contributed by atoms with Gasteiger partial charge >= 0.3 is 0 Å². The Balaban J connectivity index is 1.55. The van der Waals surface area contributed by atoms with Gasteiger partial charge in [0.05, 0.1) is 11.9 Å². The van der Waals surface area contributed by atoms with Gasteiger partial charge in [-0.25, -0.2) is 4.98 Å². The van der Waals surface area contributed by atoms with E-state index in [0.717, 1.165) is 42.6 Å². The van der Waals surface area contributed by atoms with Gasteiger partial charge < -0.3 is 11.1 Å². The smallest absolute Gasteiger partial charge is 0.157 e. The number of nitrogens with zero attached hydrogens (tertiary/aromatic N) is 3. The van der Waals surface area contributed by atoms with Crippen LogP contribution in [0.15, 0.2) is 18.3 Å². The van der Waals surface area contributed by atoms with Crippen LogP contribution in [0.3, 0.4) is 0 Å². The maximum atomic E-state index is 6.09. The van der Waals surface area contributed by atoms with Crippen molar-refractivity contribution in [1.29, 1.82) is 0 Å². The van der Waals surface area contributed by atoms with Crippen LogP contribution in [-0.4, -0.2) is 26.7 Å². The van der Waals surface area contributed by atoms with Gasteiger partial charge in [-0.05, 0) is 56.8 Å². The van der Waals surface area contributed by atoms with Crippen LogP contribution in [0, 0.1) is 11.8 Å². The molecule has 5 rings (SSSR count). The van der Waals surface area contributed by atoms with Crippen molar-refractivity contribution >= 4 is 11.5 Å². The molecule has 128 valence electrons. The predicted octanol–water partition coefficient (Wildman–Crippen LogP) is 3.10. The van der Waals surface area contributed by atoms with Gasteiger partial charge in [-0.1, -0.05) is 6.92 Å². The van der Waals surface area contributed by atoms with Gasteiger partial charge in [0.2, 0.25) is 0 Å². The van der Waals surface area contributed by atoms with Gasteiger partial charge in [-0.15, -0.1) is 0 Å². The highest BCUT2D eigenvalue weighted by Crippen LogP contribution is 2.58. The van der Waals surface area contributed by atoms with E-state index in [2.05, 4.69) is 23.4 Å². The first-order valence-corrected chi connectivity index (χ1v) is 9.52. The third-order valence-corrected chi connectivity index (χ3v) is 6.59. The van der Waals surface area contributed by atoms with E-state index in [0.29, 0.717) is 12.1 Å². The summed E-state index contributed by atoms with van der Waals surface area (Å²) in [5, 5.41) is 8.20. The number of hydrogen-bond donors (Lipinski definition) is 2. The zero-order chi connectivity index (χ0) is 16.3. The van der Waals surface area contributed by atoms with Crippen molar-refractivity contribution in [1.82, 2.24) is 14.6 Å². The molecule has 2 heterocycles. The fourth-order valence-corrected chi connectivity index (χ4v) is 4.77. The second kappa shape index (κ2) is 5.19. The Morgan fingerprint density at radius 1 is 1.17 bits per heavy atom. The summed E-state index contributed by atoms with van der Waals surface area (Å²) in [6, 6.07) is 5.09. The van der Waals surface area contributed by atoms with E-state index in [1.807, 2.05) is 16.8 Å². The first-order chi connectivity index (χ1) is 11.6. The Labute approximate surface area is 143 Å². The predicted molar refractivity (Wildman–Crippen MR) is 95.0 cm³/mol. The minimum absolute atomic E-state index is 0.245. The molecule has 24 heavy (non-hydrogen) atoms. The lowest BCUT2D eigenvalue weighted by molar-refractivity contribution is 0.344. The highest BCUT2D eigenvalue weighted by Gasteiger charge is 2.53. The summed E-state index contributed by atoms with van der Waals surface area (Å²) in [6.45, 7) is 2.45. The zero-order valence-electron chi connectivity index (χ0n) is 14.4. The van der Waals surface area contributed by atoms with E-state index in [1.165, 1.54) is 31.4 Å². The van der Waals surface area contributed by atoms with Crippen molar-refractivity contribution in [3.8, 4) is 0 Å². The van der Waals surface area contributed by atoms with E-state index in [9.17, 15) is 0 Å². The lowest BCUT2D eigenvalue weighted by atomic mass is 9.76. The fraction of sp³-hybridized carbons (Fsp3) is 0.684. The molecule has 2 aromatic rings. The maximum Gasteiger partial charge on any atom is 0.157 e. The lowest BCUT2D eigenvalue weighted by Gasteiger charge is -2.30. The van der Waals surface area contributed by atoms with E-state index in [4.69, 9.17) is 10.7 Å². The van der Waals surface area contributed by atoms with E-state index in [-0.39, 0.29) is 5.41 Å². The molecule has 0 unspecified atom stereocenters. The normalized spacial score (nSPS) is 27.8. The second-order valence-corrected chi connectivity index (χ2v) is 8.37. The van der Waals surface area contributed by atoms with Gasteiger partial charge in [-0.2, -0.15) is 9.61 Å². The summed E-state index contributed by atoms with van der Waals surface area (Å²) >= 11 is 0. The largest absolute Gasteiger partial charge is 0.367 e. The molecule has 0 aliphatic heterocycles. The van der Waals surface area contributed by atoms with Crippen LogP contribution in [0.5, 0.6) is 0 Å². The average Bonchev–Trinajstić information content (AvgIpc) is 3.49. The van der Waals surface area contributed by atoms with E-state index >= 15 is 0 Å². The Hall–Kier alpha value is -1.62. The summed E-state index contributed by atoms with van der Waals surface area (Å²) < 4.78 is 1.95. The first-order valence-electron chi connectivity index (χ1n) is 9.52. The molecule has 3 aliphatic rings. The standard InChI is InChI=1S/C19H27N5/c1-19(12-2-3-12,13-4-5-13)16-11-18(22-15-7-6-14(20)10-15)24-17(23-16)8-9-21-24/h8-9,11-15,22H,2-7,10,20H2,1H3/t14-,15-/m0/s1. The number of anilines is 1. The molecule has 0 bridgehead atoms. The van der Waals surface area contributed by atoms with Gasteiger partial charge in [0.15, 0.2) is 5.65 Å². The van der Waals surface area contributed by atoms with Crippen molar-refractivity contribution in [3.63, 3.8) is 0 Å². The Bertz CT molecular complexity index is 746. The van der Waals surface area contributed by atoms with Gasteiger partial charge in [0.1, 0.15) is 5.82 Å². The molecule has 3 aliphatic carbocycles. The van der Waals surface area contributed by atoms with Crippen molar-refractivity contribution in [2.24, 2.45) is 17.6 Å². The first kappa shape index (κ1) is 14.7. The average molecular weight is 325 g/mol. The van der Waals surface area contributed by atoms with E-state index in [1.54, 1.807) is 0 Å². The van der Waals surface area contributed by atoms with Crippen molar-refractivity contribution in [3.05, 3.63) is 24.0 Å². The molecule has 0 saturated heterocycles. The zero-order valence-corrected chi connectivity index (χ0v) is 14.4. The lowest BCUT2D eigenvalue weighted by Crippen LogP contribution is -2.30. The van der Waals surface area contributed by atoms with Crippen LogP contribution in [-0.2, 0) is 5.41 Å². The van der Waals surface area contributed by atoms with Crippen molar-refractivity contribution in [2.75, 3.05) is 5.32 Å². The van der Waals surface area contributed by atoms with Crippen LogP contribution in [0.2, 0.25) is 0 Å². The number of nitrogens with one attached hydrogen (secondary N) is 1. The van der Waals surface area contributed by atoms with Crippen molar-refractivity contribution in [2.45, 2.75) is 69.4 Å². The number of nitrogens with two attached hydrogens (primary N) is 1. The summed E-state index contributed by atoms with van der Waals surface area (Å²) in [5.74, 6) is 2.72. The summed E-state index contributed by atoms with van der Waals surface area (Å²) in [6.07, 6.45) is 10.6.